The van der Waals surface area contributed by atoms with Crippen molar-refractivity contribution < 1.29 is 38.0 Å². The molecular weight excluding hydrogens is 636 g/mol. The predicted molar refractivity (Wildman–Crippen MR) is 182 cm³/mol. The molecule has 10 nitrogen and oxygen atoms in total. The number of esters is 2. The van der Waals surface area contributed by atoms with Gasteiger partial charge in [-0.25, -0.2) is 9.64 Å². The van der Waals surface area contributed by atoms with E-state index in [9.17, 15) is 14.9 Å². The zero-order valence-corrected chi connectivity index (χ0v) is 26.8. The minimum atomic E-state index is -0.829. The molecule has 2 aliphatic heterocycles. The maximum Gasteiger partial charge on any atom is 0.349 e. The number of hydrogen-bond donors (Lipinski definition) is 0. The van der Waals surface area contributed by atoms with Crippen LogP contribution in [0.2, 0.25) is 0 Å². The summed E-state index contributed by atoms with van der Waals surface area (Å²) in [6, 6.07) is 35.4. The standard InChI is InChI=1S/C40H32N2O8/c1-42-34(21-28-14-18-33(19-15-28)46-24-30-10-6-3-7-11-30)40(44)50-36-26-48-37-35(25-47-38(36)37)49-39(43)31(22-41)20-27-12-16-32(17-13-27)45-23-29-8-4-2-5-9-29/h2-21,35-38H,23-26H2/b31-20+,34-21-/t35?,36-,37?,38?/m1/s1. The number of carbonyl (C=O) groups excluding carboxylic acids is 2. The molecule has 2 heterocycles. The van der Waals surface area contributed by atoms with Gasteiger partial charge in [-0.2, -0.15) is 5.26 Å². The van der Waals surface area contributed by atoms with Gasteiger partial charge in [0.25, 0.3) is 5.70 Å². The fraction of sp³-hybridized carbons (Fsp3) is 0.200. The van der Waals surface area contributed by atoms with E-state index in [-0.39, 0.29) is 24.5 Å². The van der Waals surface area contributed by atoms with Crippen molar-refractivity contribution in [3.8, 4) is 17.6 Å². The van der Waals surface area contributed by atoms with Crippen LogP contribution in [0.3, 0.4) is 0 Å². The first-order chi connectivity index (χ1) is 24.5. The van der Waals surface area contributed by atoms with Crippen LogP contribution in [0.1, 0.15) is 22.3 Å². The topological polar surface area (TPSA) is 118 Å². The van der Waals surface area contributed by atoms with Gasteiger partial charge in [0.05, 0.1) is 19.8 Å². The minimum Gasteiger partial charge on any atom is -0.489 e. The Morgan fingerprint density at radius 3 is 1.62 bits per heavy atom. The number of nitriles is 1. The van der Waals surface area contributed by atoms with Crippen molar-refractivity contribution in [2.24, 2.45) is 0 Å². The summed E-state index contributed by atoms with van der Waals surface area (Å²) in [5.41, 5.74) is 2.90. The van der Waals surface area contributed by atoms with Gasteiger partial charge in [-0.05, 0) is 58.7 Å². The number of benzene rings is 4. The molecule has 4 atom stereocenters. The summed E-state index contributed by atoms with van der Waals surface area (Å²) in [6.07, 6.45) is -0.182. The molecule has 0 amide bonds. The van der Waals surface area contributed by atoms with Crippen molar-refractivity contribution in [2.75, 3.05) is 13.2 Å². The number of rotatable bonds is 12. The van der Waals surface area contributed by atoms with E-state index in [1.165, 1.54) is 12.2 Å². The highest BCUT2D eigenvalue weighted by Crippen LogP contribution is 2.32. The largest absolute Gasteiger partial charge is 0.489 e. The van der Waals surface area contributed by atoms with E-state index < -0.39 is 36.4 Å². The Balaban J connectivity index is 0.998. The highest BCUT2D eigenvalue weighted by atomic mass is 16.7. The van der Waals surface area contributed by atoms with Crippen LogP contribution in [0, 0.1) is 17.9 Å². The van der Waals surface area contributed by atoms with Crippen LogP contribution in [-0.2, 0) is 41.8 Å². The number of nitrogens with zero attached hydrogens (tertiary/aromatic N) is 2. The third-order valence-electron chi connectivity index (χ3n) is 8.02. The summed E-state index contributed by atoms with van der Waals surface area (Å²) in [7, 11) is 0. The van der Waals surface area contributed by atoms with Crippen molar-refractivity contribution in [3.63, 3.8) is 0 Å². The van der Waals surface area contributed by atoms with E-state index in [0.717, 1.165) is 11.1 Å². The Kier molecular flexibility index (Phi) is 11.0. The fourth-order valence-electron chi connectivity index (χ4n) is 5.43. The summed E-state index contributed by atoms with van der Waals surface area (Å²) in [5, 5.41) is 9.69. The van der Waals surface area contributed by atoms with Gasteiger partial charge in [-0.1, -0.05) is 84.9 Å². The summed E-state index contributed by atoms with van der Waals surface area (Å²) >= 11 is 0. The summed E-state index contributed by atoms with van der Waals surface area (Å²) < 4.78 is 34.4. The van der Waals surface area contributed by atoms with Crippen LogP contribution >= 0.6 is 0 Å². The monoisotopic (exact) mass is 668 g/mol. The van der Waals surface area contributed by atoms with E-state index in [0.29, 0.717) is 35.8 Å². The van der Waals surface area contributed by atoms with Crippen LogP contribution < -0.4 is 9.47 Å². The lowest BCUT2D eigenvalue weighted by atomic mass is 10.1. The first-order valence-corrected chi connectivity index (χ1v) is 15.9. The lowest BCUT2D eigenvalue weighted by Crippen LogP contribution is -2.36. The van der Waals surface area contributed by atoms with Crippen molar-refractivity contribution in [1.29, 1.82) is 5.26 Å². The Morgan fingerprint density at radius 2 is 1.16 bits per heavy atom. The highest BCUT2D eigenvalue weighted by Gasteiger charge is 2.51. The van der Waals surface area contributed by atoms with Crippen LogP contribution in [0.15, 0.2) is 120 Å². The van der Waals surface area contributed by atoms with Gasteiger partial charge in [0.2, 0.25) is 0 Å². The molecule has 0 aromatic heterocycles. The summed E-state index contributed by atoms with van der Waals surface area (Å²) in [5.74, 6) is -0.358. The molecule has 10 heteroatoms. The molecule has 6 rings (SSSR count). The molecule has 2 aliphatic rings. The lowest BCUT2D eigenvalue weighted by Gasteiger charge is -2.17. The Morgan fingerprint density at radius 1 is 0.700 bits per heavy atom. The predicted octanol–water partition coefficient (Wildman–Crippen LogP) is 6.33. The van der Waals surface area contributed by atoms with Gasteiger partial charge in [0.15, 0.2) is 12.2 Å². The molecule has 0 N–H and O–H groups in total. The fourth-order valence-corrected chi connectivity index (χ4v) is 5.43. The molecular formula is C40H32N2O8. The lowest BCUT2D eigenvalue weighted by molar-refractivity contribution is -0.150. The average Bonchev–Trinajstić information content (AvgIpc) is 3.75. The molecule has 0 bridgehead atoms. The van der Waals surface area contributed by atoms with Gasteiger partial charge in [-0.15, -0.1) is 0 Å². The van der Waals surface area contributed by atoms with Crippen LogP contribution in [0.25, 0.3) is 17.0 Å². The van der Waals surface area contributed by atoms with E-state index in [4.69, 9.17) is 35.0 Å². The first kappa shape index (κ1) is 33.7. The maximum absolute atomic E-state index is 13.0. The zero-order chi connectivity index (χ0) is 34.7. The van der Waals surface area contributed by atoms with E-state index in [1.54, 1.807) is 48.5 Å². The van der Waals surface area contributed by atoms with Crippen LogP contribution in [-0.4, -0.2) is 49.6 Å². The smallest absolute Gasteiger partial charge is 0.349 e. The summed E-state index contributed by atoms with van der Waals surface area (Å²) in [4.78, 5) is 29.3. The SMILES string of the molecule is [C-]#[N+]/C(=C\c1ccc(OCc2ccccc2)cc1)C(=O)O[C@@H]1COC2C(OC(=O)/C(C#N)=C/c3ccc(OCc4ccccc4)cc3)COC21. The zero-order valence-electron chi connectivity index (χ0n) is 26.8. The first-order valence-electron chi connectivity index (χ1n) is 15.9. The Labute approximate surface area is 289 Å². The van der Waals surface area contributed by atoms with Gasteiger partial charge in [0, 0.05) is 0 Å². The van der Waals surface area contributed by atoms with E-state index in [2.05, 4.69) is 4.85 Å². The number of fused-ring (bicyclic) bond motifs is 1. The number of ether oxygens (including phenoxy) is 6. The molecule has 50 heavy (non-hydrogen) atoms. The van der Waals surface area contributed by atoms with Crippen molar-refractivity contribution >= 4 is 24.1 Å². The second-order valence-electron chi connectivity index (χ2n) is 11.5. The normalized spacial score (nSPS) is 19.8. The third kappa shape index (κ3) is 8.63. The molecule has 0 spiro atoms. The van der Waals surface area contributed by atoms with Gasteiger partial charge < -0.3 is 28.4 Å². The Bertz CT molecular complexity index is 1790. The van der Waals surface area contributed by atoms with Crippen molar-refractivity contribution in [3.05, 3.63) is 154 Å². The molecule has 4 aromatic rings. The minimum absolute atomic E-state index is 0.00646. The average molecular weight is 669 g/mol. The molecule has 0 saturated carbocycles. The molecule has 0 aliphatic carbocycles. The molecule has 3 unspecified atom stereocenters. The van der Waals surface area contributed by atoms with Crippen molar-refractivity contribution in [2.45, 2.75) is 37.6 Å². The second-order valence-corrected chi connectivity index (χ2v) is 11.5. The number of carbonyl (C=O) groups is 2. The van der Waals surface area contributed by atoms with Crippen LogP contribution in [0.4, 0.5) is 0 Å². The van der Waals surface area contributed by atoms with Crippen molar-refractivity contribution in [1.82, 2.24) is 0 Å². The van der Waals surface area contributed by atoms with Crippen LogP contribution in [0.5, 0.6) is 11.5 Å². The highest BCUT2D eigenvalue weighted by molar-refractivity contribution is 5.98. The van der Waals surface area contributed by atoms with E-state index >= 15 is 0 Å². The second kappa shape index (κ2) is 16.3. The maximum atomic E-state index is 13.0. The molecule has 2 fully saturated rings. The van der Waals surface area contributed by atoms with Gasteiger partial charge >= 0.3 is 11.9 Å². The molecule has 0 radical (unpaired) electrons. The van der Waals surface area contributed by atoms with E-state index in [1.807, 2.05) is 66.7 Å². The molecule has 2 saturated heterocycles. The Hall–Kier alpha value is -6.20. The molecule has 4 aromatic carbocycles. The molecule has 250 valence electrons. The quantitative estimate of drug-likeness (QED) is 0.0739. The summed E-state index contributed by atoms with van der Waals surface area (Å²) in [6.45, 7) is 8.36. The number of hydrogen-bond acceptors (Lipinski definition) is 9. The third-order valence-corrected chi connectivity index (χ3v) is 8.02. The van der Waals surface area contributed by atoms with Gasteiger partial charge in [0.1, 0.15) is 48.6 Å². The van der Waals surface area contributed by atoms with Gasteiger partial charge in [-0.3, -0.25) is 4.79 Å².